The van der Waals surface area contributed by atoms with Gasteiger partial charge in [-0.25, -0.2) is 9.59 Å². The summed E-state index contributed by atoms with van der Waals surface area (Å²) in [5.41, 5.74) is 1.54. The normalized spacial score (nSPS) is 9.95. The summed E-state index contributed by atoms with van der Waals surface area (Å²) in [4.78, 5) is 25.7. The Morgan fingerprint density at radius 1 is 1.16 bits per heavy atom. The molecule has 0 saturated heterocycles. The summed E-state index contributed by atoms with van der Waals surface area (Å²) >= 11 is 0. The number of rotatable bonds is 4. The van der Waals surface area contributed by atoms with Gasteiger partial charge in [0.15, 0.2) is 0 Å². The lowest BCUT2D eigenvalue weighted by molar-refractivity contribution is 0.0466. The molecule has 1 N–H and O–H groups in total. The van der Waals surface area contributed by atoms with Crippen molar-refractivity contribution in [1.29, 1.82) is 0 Å². The number of ether oxygens (including phenoxy) is 2. The molecule has 0 radical (unpaired) electrons. The van der Waals surface area contributed by atoms with Gasteiger partial charge in [-0.2, -0.15) is 0 Å². The minimum absolute atomic E-state index is 0.0999. The number of carbonyl (C=O) groups is 2. The van der Waals surface area contributed by atoms with Crippen molar-refractivity contribution in [3.8, 4) is 0 Å². The molecular formula is C14H13NO4. The molecule has 0 aliphatic rings. The molecule has 0 aliphatic carbocycles. The first-order valence-corrected chi connectivity index (χ1v) is 5.68. The molecule has 0 amide bonds. The molecule has 0 spiro atoms. The second kappa shape index (κ2) is 5.86. The Labute approximate surface area is 110 Å². The smallest absolute Gasteiger partial charge is 0.355 e. The first kappa shape index (κ1) is 12.9. The van der Waals surface area contributed by atoms with Crippen LogP contribution in [0.1, 0.15) is 26.4 Å². The molecule has 98 valence electrons. The Hall–Kier alpha value is -2.56. The number of aromatic nitrogens is 1. The molecule has 19 heavy (non-hydrogen) atoms. The average molecular weight is 259 g/mol. The van der Waals surface area contributed by atoms with Crippen LogP contribution in [-0.4, -0.2) is 24.0 Å². The molecule has 1 aromatic heterocycles. The van der Waals surface area contributed by atoms with Gasteiger partial charge in [0.2, 0.25) is 0 Å². The molecule has 0 atom stereocenters. The molecule has 2 rings (SSSR count). The maximum Gasteiger partial charge on any atom is 0.355 e. The summed E-state index contributed by atoms with van der Waals surface area (Å²) in [6.45, 7) is 0.0999. The van der Waals surface area contributed by atoms with Crippen molar-refractivity contribution in [3.05, 3.63) is 59.4 Å². The number of benzene rings is 1. The molecule has 0 saturated carbocycles. The zero-order valence-corrected chi connectivity index (χ0v) is 10.4. The van der Waals surface area contributed by atoms with Crippen LogP contribution in [0.15, 0.2) is 42.6 Å². The van der Waals surface area contributed by atoms with Crippen molar-refractivity contribution in [2.75, 3.05) is 7.11 Å². The largest absolute Gasteiger partial charge is 0.465 e. The van der Waals surface area contributed by atoms with Crippen LogP contribution in [0.3, 0.4) is 0 Å². The lowest BCUT2D eigenvalue weighted by Crippen LogP contribution is -2.06. The standard InChI is InChI=1S/C14H13NO4/c1-18-13(16)11-5-2-4-10(8-11)9-19-14(17)12-6-3-7-15-12/h2-8,15H,9H2,1H3. The number of esters is 2. The predicted octanol–water partition coefficient (Wildman–Crippen LogP) is 2.16. The van der Waals surface area contributed by atoms with E-state index in [1.807, 2.05) is 0 Å². The van der Waals surface area contributed by atoms with Gasteiger partial charge in [-0.1, -0.05) is 12.1 Å². The Morgan fingerprint density at radius 3 is 2.68 bits per heavy atom. The minimum Gasteiger partial charge on any atom is -0.465 e. The predicted molar refractivity (Wildman–Crippen MR) is 67.7 cm³/mol. The first-order valence-electron chi connectivity index (χ1n) is 5.68. The van der Waals surface area contributed by atoms with Crippen molar-refractivity contribution in [2.45, 2.75) is 6.61 Å². The third-order valence-corrected chi connectivity index (χ3v) is 2.54. The monoisotopic (exact) mass is 259 g/mol. The second-order valence-electron chi connectivity index (χ2n) is 3.85. The molecule has 5 nitrogen and oxygen atoms in total. The molecule has 2 aromatic rings. The second-order valence-corrected chi connectivity index (χ2v) is 3.85. The lowest BCUT2D eigenvalue weighted by Gasteiger charge is -2.05. The first-order chi connectivity index (χ1) is 9.20. The highest BCUT2D eigenvalue weighted by atomic mass is 16.5. The highest BCUT2D eigenvalue weighted by Crippen LogP contribution is 2.09. The van der Waals surface area contributed by atoms with Gasteiger partial charge in [0.1, 0.15) is 12.3 Å². The van der Waals surface area contributed by atoms with E-state index in [0.717, 1.165) is 5.56 Å². The summed E-state index contributed by atoms with van der Waals surface area (Å²) in [6, 6.07) is 10.1. The molecule has 0 fully saturated rings. The fraction of sp³-hybridized carbons (Fsp3) is 0.143. The van der Waals surface area contributed by atoms with Crippen LogP contribution in [0.2, 0.25) is 0 Å². The van der Waals surface area contributed by atoms with E-state index in [2.05, 4.69) is 9.72 Å². The maximum absolute atomic E-state index is 11.6. The lowest BCUT2D eigenvalue weighted by atomic mass is 10.1. The van der Waals surface area contributed by atoms with E-state index in [4.69, 9.17) is 4.74 Å². The van der Waals surface area contributed by atoms with Crippen molar-refractivity contribution < 1.29 is 19.1 Å². The summed E-state index contributed by atoms with van der Waals surface area (Å²) in [6.07, 6.45) is 1.65. The van der Waals surface area contributed by atoms with E-state index in [0.29, 0.717) is 11.3 Å². The van der Waals surface area contributed by atoms with E-state index in [9.17, 15) is 9.59 Å². The molecule has 0 bridgehead atoms. The zero-order valence-electron chi connectivity index (χ0n) is 10.4. The van der Waals surface area contributed by atoms with Crippen LogP contribution in [0.5, 0.6) is 0 Å². The van der Waals surface area contributed by atoms with Gasteiger partial charge in [-0.3, -0.25) is 0 Å². The van der Waals surface area contributed by atoms with E-state index in [1.165, 1.54) is 7.11 Å². The Kier molecular flexibility index (Phi) is 3.97. The Morgan fingerprint density at radius 2 is 2.00 bits per heavy atom. The fourth-order valence-electron chi connectivity index (χ4n) is 1.59. The molecular weight excluding hydrogens is 246 g/mol. The van der Waals surface area contributed by atoms with E-state index >= 15 is 0 Å². The number of hydrogen-bond acceptors (Lipinski definition) is 4. The van der Waals surface area contributed by atoms with E-state index in [-0.39, 0.29) is 6.61 Å². The van der Waals surface area contributed by atoms with Crippen LogP contribution in [0.4, 0.5) is 0 Å². The van der Waals surface area contributed by atoms with Crippen molar-refractivity contribution in [2.24, 2.45) is 0 Å². The number of hydrogen-bond donors (Lipinski definition) is 1. The van der Waals surface area contributed by atoms with Crippen LogP contribution < -0.4 is 0 Å². The van der Waals surface area contributed by atoms with E-state index < -0.39 is 11.9 Å². The van der Waals surface area contributed by atoms with Gasteiger partial charge in [-0.15, -0.1) is 0 Å². The zero-order chi connectivity index (χ0) is 13.7. The van der Waals surface area contributed by atoms with E-state index in [1.54, 1.807) is 42.6 Å². The molecule has 1 heterocycles. The van der Waals surface area contributed by atoms with Gasteiger partial charge in [-0.05, 0) is 29.8 Å². The molecule has 5 heteroatoms. The molecule has 0 unspecified atom stereocenters. The van der Waals surface area contributed by atoms with Gasteiger partial charge in [0.05, 0.1) is 12.7 Å². The number of methoxy groups -OCH3 is 1. The van der Waals surface area contributed by atoms with Crippen molar-refractivity contribution in [3.63, 3.8) is 0 Å². The van der Waals surface area contributed by atoms with Gasteiger partial charge in [0.25, 0.3) is 0 Å². The highest BCUT2D eigenvalue weighted by Gasteiger charge is 2.09. The van der Waals surface area contributed by atoms with Gasteiger partial charge < -0.3 is 14.5 Å². The Bertz CT molecular complexity index is 575. The number of H-pyrrole nitrogens is 1. The Balaban J connectivity index is 2.00. The van der Waals surface area contributed by atoms with Crippen molar-refractivity contribution >= 4 is 11.9 Å². The van der Waals surface area contributed by atoms with Crippen LogP contribution >= 0.6 is 0 Å². The summed E-state index contributed by atoms with van der Waals surface area (Å²) in [7, 11) is 1.32. The van der Waals surface area contributed by atoms with Crippen LogP contribution in [-0.2, 0) is 16.1 Å². The molecule has 1 aromatic carbocycles. The third-order valence-electron chi connectivity index (χ3n) is 2.54. The van der Waals surface area contributed by atoms with Gasteiger partial charge >= 0.3 is 11.9 Å². The highest BCUT2D eigenvalue weighted by molar-refractivity contribution is 5.89. The fourth-order valence-corrected chi connectivity index (χ4v) is 1.59. The molecule has 0 aliphatic heterocycles. The average Bonchev–Trinajstić information content (AvgIpc) is 2.98. The quantitative estimate of drug-likeness (QED) is 0.854. The topological polar surface area (TPSA) is 68.4 Å². The number of nitrogens with one attached hydrogen (secondary N) is 1. The van der Waals surface area contributed by atoms with Crippen LogP contribution in [0, 0.1) is 0 Å². The minimum atomic E-state index is -0.437. The van der Waals surface area contributed by atoms with Crippen molar-refractivity contribution in [1.82, 2.24) is 4.98 Å². The number of carbonyl (C=O) groups excluding carboxylic acids is 2. The van der Waals surface area contributed by atoms with Crippen LogP contribution in [0.25, 0.3) is 0 Å². The summed E-state index contributed by atoms with van der Waals surface area (Å²) < 4.78 is 9.74. The number of aromatic amines is 1. The van der Waals surface area contributed by atoms with Gasteiger partial charge in [0, 0.05) is 6.20 Å². The maximum atomic E-state index is 11.6. The SMILES string of the molecule is COC(=O)c1cccc(COC(=O)c2ccc[nH]2)c1. The summed E-state index contributed by atoms with van der Waals surface area (Å²) in [5, 5.41) is 0. The third kappa shape index (κ3) is 3.22. The summed E-state index contributed by atoms with van der Waals surface area (Å²) in [5.74, 6) is -0.856.